The van der Waals surface area contributed by atoms with E-state index in [-0.39, 0.29) is 42.6 Å². The Balaban J connectivity index is 1.95. The van der Waals surface area contributed by atoms with E-state index in [1.165, 1.54) is 15.8 Å². The molecular formula is C16H16N4O4. The lowest BCUT2D eigenvalue weighted by atomic mass is 9.98. The second-order valence-corrected chi connectivity index (χ2v) is 5.77. The second-order valence-electron chi connectivity index (χ2n) is 5.77. The Labute approximate surface area is 137 Å². The fourth-order valence-electron chi connectivity index (χ4n) is 2.71. The maximum atomic E-state index is 12.7. The van der Waals surface area contributed by atoms with Crippen LogP contribution in [0.1, 0.15) is 23.8 Å². The number of amides is 1. The van der Waals surface area contributed by atoms with Crippen LogP contribution in [-0.2, 0) is 4.79 Å². The van der Waals surface area contributed by atoms with Gasteiger partial charge in [0.05, 0.1) is 10.6 Å². The van der Waals surface area contributed by atoms with Crippen LogP contribution in [0.4, 0.5) is 5.69 Å². The van der Waals surface area contributed by atoms with Gasteiger partial charge in [0, 0.05) is 25.4 Å². The first-order chi connectivity index (χ1) is 11.5. The maximum Gasteiger partial charge on any atom is 0.320 e. The number of carbonyl (C=O) groups is 2. The van der Waals surface area contributed by atoms with Gasteiger partial charge in [-0.05, 0) is 12.1 Å². The van der Waals surface area contributed by atoms with Crippen molar-refractivity contribution in [1.29, 1.82) is 0 Å². The van der Waals surface area contributed by atoms with E-state index in [0.717, 1.165) is 0 Å². The Kier molecular flexibility index (Phi) is 4.11. The second kappa shape index (κ2) is 6.23. The molecular weight excluding hydrogens is 312 g/mol. The highest BCUT2D eigenvalue weighted by Crippen LogP contribution is 2.23. The van der Waals surface area contributed by atoms with Crippen LogP contribution in [0.2, 0.25) is 0 Å². The van der Waals surface area contributed by atoms with Crippen molar-refractivity contribution in [3.8, 4) is 5.69 Å². The molecule has 1 aromatic carbocycles. The fourth-order valence-corrected chi connectivity index (χ4v) is 2.71. The number of benzene rings is 1. The Morgan fingerprint density at radius 3 is 2.67 bits per heavy atom. The molecule has 0 saturated carbocycles. The topological polar surface area (TPSA) is 98.3 Å². The summed E-state index contributed by atoms with van der Waals surface area (Å²) >= 11 is 0. The molecule has 8 nitrogen and oxygen atoms in total. The molecule has 2 aromatic rings. The third-order valence-corrected chi connectivity index (χ3v) is 4.07. The smallest absolute Gasteiger partial charge is 0.320 e. The van der Waals surface area contributed by atoms with Gasteiger partial charge in [-0.2, -0.15) is 5.10 Å². The summed E-state index contributed by atoms with van der Waals surface area (Å²) in [7, 11) is 0. The van der Waals surface area contributed by atoms with E-state index in [1.54, 1.807) is 31.2 Å². The number of carbonyl (C=O) groups excluding carboxylic acids is 2. The lowest BCUT2D eigenvalue weighted by Gasteiger charge is -2.29. The van der Waals surface area contributed by atoms with Gasteiger partial charge >= 0.3 is 5.69 Å². The fraction of sp³-hybridized carbons (Fsp3) is 0.312. The van der Waals surface area contributed by atoms with Gasteiger partial charge in [-0.3, -0.25) is 19.7 Å². The Hall–Kier alpha value is -3.03. The summed E-state index contributed by atoms with van der Waals surface area (Å²) in [5.41, 5.74) is 0.0839. The monoisotopic (exact) mass is 328 g/mol. The average molecular weight is 328 g/mol. The molecule has 1 aliphatic rings. The van der Waals surface area contributed by atoms with Crippen molar-refractivity contribution in [3.63, 3.8) is 0 Å². The van der Waals surface area contributed by atoms with Crippen LogP contribution in [0, 0.1) is 16.0 Å². The van der Waals surface area contributed by atoms with E-state index >= 15 is 0 Å². The number of aromatic nitrogens is 2. The molecule has 0 N–H and O–H groups in total. The molecule has 1 aromatic heterocycles. The van der Waals surface area contributed by atoms with Crippen molar-refractivity contribution in [3.05, 3.63) is 52.3 Å². The summed E-state index contributed by atoms with van der Waals surface area (Å²) in [5.74, 6) is -0.683. The third kappa shape index (κ3) is 2.90. The summed E-state index contributed by atoms with van der Waals surface area (Å²) in [6.07, 6.45) is 1.50. The van der Waals surface area contributed by atoms with Crippen molar-refractivity contribution in [2.75, 3.05) is 13.1 Å². The number of piperidine rings is 1. The van der Waals surface area contributed by atoms with E-state index < -0.39 is 10.8 Å². The van der Waals surface area contributed by atoms with Crippen molar-refractivity contribution < 1.29 is 14.5 Å². The molecule has 1 aliphatic heterocycles. The third-order valence-electron chi connectivity index (χ3n) is 4.07. The molecule has 3 rings (SSSR count). The van der Waals surface area contributed by atoms with Gasteiger partial charge in [0.25, 0.3) is 5.91 Å². The first-order valence-corrected chi connectivity index (χ1v) is 7.59. The molecule has 124 valence electrons. The largest absolute Gasteiger partial charge is 0.336 e. The number of Topliss-reactive ketones (excluding diaryl/α,β-unsaturated/α-hetero) is 1. The van der Waals surface area contributed by atoms with E-state index in [9.17, 15) is 19.7 Å². The molecule has 24 heavy (non-hydrogen) atoms. The Morgan fingerprint density at radius 1 is 1.33 bits per heavy atom. The standard InChI is InChI=1S/C16H16N4O4/c1-11-9-18(8-7-14(11)21)16(22)15-13(20(23)24)10-19(17-15)12-5-3-2-4-6-12/h2-6,10-11H,7-9H2,1H3. The van der Waals surface area contributed by atoms with Crippen LogP contribution in [0.3, 0.4) is 0 Å². The maximum absolute atomic E-state index is 12.7. The SMILES string of the molecule is CC1CN(C(=O)c2nn(-c3ccccc3)cc2[N+](=O)[O-])CCC1=O. The van der Waals surface area contributed by atoms with Gasteiger partial charge in [0.2, 0.25) is 5.69 Å². The van der Waals surface area contributed by atoms with E-state index in [1.807, 2.05) is 6.07 Å². The number of ketones is 1. The lowest BCUT2D eigenvalue weighted by Crippen LogP contribution is -2.43. The molecule has 1 fully saturated rings. The molecule has 0 aliphatic carbocycles. The van der Waals surface area contributed by atoms with Crippen LogP contribution in [-0.4, -0.2) is 44.4 Å². The first kappa shape index (κ1) is 15.9. The molecule has 1 atom stereocenters. The van der Waals surface area contributed by atoms with E-state index in [0.29, 0.717) is 5.69 Å². The van der Waals surface area contributed by atoms with Gasteiger partial charge in [-0.15, -0.1) is 0 Å². The molecule has 0 bridgehead atoms. The summed E-state index contributed by atoms with van der Waals surface area (Å²) in [6.45, 7) is 2.27. The molecule has 0 radical (unpaired) electrons. The van der Waals surface area contributed by atoms with Crippen molar-refractivity contribution >= 4 is 17.4 Å². The number of nitro groups is 1. The summed E-state index contributed by atoms with van der Waals surface area (Å²) in [5, 5.41) is 15.4. The van der Waals surface area contributed by atoms with Crippen molar-refractivity contribution in [2.45, 2.75) is 13.3 Å². The first-order valence-electron chi connectivity index (χ1n) is 7.59. The summed E-state index contributed by atoms with van der Waals surface area (Å²) in [6, 6.07) is 8.86. The van der Waals surface area contributed by atoms with Crippen LogP contribution in [0.25, 0.3) is 5.69 Å². The number of para-hydroxylation sites is 1. The zero-order valence-electron chi connectivity index (χ0n) is 13.1. The highest BCUT2D eigenvalue weighted by Gasteiger charge is 2.33. The normalized spacial score (nSPS) is 17.8. The van der Waals surface area contributed by atoms with Crippen LogP contribution < -0.4 is 0 Å². The Morgan fingerprint density at radius 2 is 2.04 bits per heavy atom. The number of hydrogen-bond acceptors (Lipinski definition) is 5. The molecule has 2 heterocycles. The van der Waals surface area contributed by atoms with Gasteiger partial charge in [-0.1, -0.05) is 25.1 Å². The zero-order valence-corrected chi connectivity index (χ0v) is 13.1. The predicted octanol–water partition coefficient (Wildman–Crippen LogP) is 1.83. The molecule has 0 spiro atoms. The van der Waals surface area contributed by atoms with Crippen LogP contribution >= 0.6 is 0 Å². The average Bonchev–Trinajstić information content (AvgIpc) is 3.03. The minimum atomic E-state index is -0.613. The number of likely N-dealkylation sites (tertiary alicyclic amines) is 1. The number of nitrogens with zero attached hydrogens (tertiary/aromatic N) is 4. The summed E-state index contributed by atoms with van der Waals surface area (Å²) in [4.78, 5) is 36.4. The van der Waals surface area contributed by atoms with E-state index in [2.05, 4.69) is 5.10 Å². The summed E-state index contributed by atoms with van der Waals surface area (Å²) < 4.78 is 1.32. The van der Waals surface area contributed by atoms with E-state index in [4.69, 9.17) is 0 Å². The molecule has 1 amide bonds. The Bertz CT molecular complexity index is 800. The van der Waals surface area contributed by atoms with Crippen LogP contribution in [0.5, 0.6) is 0 Å². The van der Waals surface area contributed by atoms with Gasteiger partial charge < -0.3 is 4.90 Å². The highest BCUT2D eigenvalue weighted by atomic mass is 16.6. The van der Waals surface area contributed by atoms with Crippen molar-refractivity contribution in [2.24, 2.45) is 5.92 Å². The number of hydrogen-bond donors (Lipinski definition) is 0. The number of rotatable bonds is 3. The highest BCUT2D eigenvalue weighted by molar-refractivity contribution is 5.97. The van der Waals surface area contributed by atoms with Gasteiger partial charge in [-0.25, -0.2) is 4.68 Å². The minimum absolute atomic E-state index is 0.100. The minimum Gasteiger partial charge on any atom is -0.336 e. The van der Waals surface area contributed by atoms with Gasteiger partial charge in [0.15, 0.2) is 0 Å². The van der Waals surface area contributed by atoms with Crippen LogP contribution in [0.15, 0.2) is 36.5 Å². The molecule has 8 heteroatoms. The van der Waals surface area contributed by atoms with Gasteiger partial charge in [0.1, 0.15) is 12.0 Å². The molecule has 1 saturated heterocycles. The quantitative estimate of drug-likeness (QED) is 0.632. The lowest BCUT2D eigenvalue weighted by molar-refractivity contribution is -0.385. The van der Waals surface area contributed by atoms with Crippen molar-refractivity contribution in [1.82, 2.24) is 14.7 Å². The zero-order chi connectivity index (χ0) is 17.3. The molecule has 1 unspecified atom stereocenters. The predicted molar refractivity (Wildman–Crippen MR) is 84.9 cm³/mol.